The second-order valence-corrected chi connectivity index (χ2v) is 7.44. The monoisotopic (exact) mass is 311 g/mol. The van der Waals surface area contributed by atoms with Crippen molar-refractivity contribution < 1.29 is 4.79 Å². The summed E-state index contributed by atoms with van der Waals surface area (Å²) in [5, 5.41) is 15.4. The van der Waals surface area contributed by atoms with E-state index >= 15 is 0 Å². The van der Waals surface area contributed by atoms with Crippen LogP contribution in [0, 0.1) is 5.92 Å². The molecule has 1 aliphatic rings. The minimum absolute atomic E-state index is 0.0806. The van der Waals surface area contributed by atoms with Gasteiger partial charge in [0.15, 0.2) is 0 Å². The fraction of sp³-hybridized carbons (Fsp3) is 0.857. The third-order valence-electron chi connectivity index (χ3n) is 4.04. The number of aromatic nitrogens is 4. The molecule has 1 fully saturated rings. The highest BCUT2D eigenvalue weighted by Crippen LogP contribution is 2.26. The van der Waals surface area contributed by atoms with Crippen LogP contribution in [0.15, 0.2) is 5.16 Å². The van der Waals surface area contributed by atoms with E-state index in [1.54, 1.807) is 4.68 Å². The molecule has 0 spiro atoms. The Morgan fingerprint density at radius 2 is 2.05 bits per heavy atom. The number of carbonyl (C=O) groups excluding carboxylic acids is 1. The number of nitrogens with zero attached hydrogens (tertiary/aromatic N) is 4. The van der Waals surface area contributed by atoms with Crippen molar-refractivity contribution >= 4 is 17.7 Å². The third-order valence-corrected chi connectivity index (χ3v) is 5.09. The summed E-state index contributed by atoms with van der Waals surface area (Å²) in [5.41, 5.74) is 0. The molecule has 6 nitrogen and oxygen atoms in total. The van der Waals surface area contributed by atoms with E-state index in [9.17, 15) is 4.79 Å². The van der Waals surface area contributed by atoms with Gasteiger partial charge in [-0.1, -0.05) is 31.5 Å². The van der Waals surface area contributed by atoms with Gasteiger partial charge in [-0.3, -0.25) is 4.79 Å². The number of nitrogens with one attached hydrogen (secondary N) is 1. The van der Waals surface area contributed by atoms with Crippen LogP contribution in [0.2, 0.25) is 0 Å². The minimum atomic E-state index is -0.192. The summed E-state index contributed by atoms with van der Waals surface area (Å²) >= 11 is 1.42. The Balaban J connectivity index is 1.91. The molecule has 0 aliphatic heterocycles. The molecule has 0 aromatic carbocycles. The maximum absolute atomic E-state index is 12.4. The first-order valence-electron chi connectivity index (χ1n) is 7.74. The Kier molecular flexibility index (Phi) is 5.61. The largest absolute Gasteiger partial charge is 0.352 e. The quantitative estimate of drug-likeness (QED) is 0.846. The van der Waals surface area contributed by atoms with Gasteiger partial charge in [0.05, 0.1) is 11.3 Å². The Morgan fingerprint density at radius 1 is 1.33 bits per heavy atom. The zero-order chi connectivity index (χ0) is 15.4. The number of rotatable bonds is 5. The molecule has 3 unspecified atom stereocenters. The number of hydrogen-bond donors (Lipinski definition) is 1. The Morgan fingerprint density at radius 3 is 2.71 bits per heavy atom. The molecule has 0 radical (unpaired) electrons. The van der Waals surface area contributed by atoms with E-state index in [0.29, 0.717) is 17.1 Å². The van der Waals surface area contributed by atoms with E-state index in [0.717, 1.165) is 6.42 Å². The Bertz CT molecular complexity index is 476. The molecular weight excluding hydrogens is 286 g/mol. The highest BCUT2D eigenvalue weighted by molar-refractivity contribution is 8.00. The van der Waals surface area contributed by atoms with Gasteiger partial charge in [-0.2, -0.15) is 0 Å². The predicted octanol–water partition coefficient (Wildman–Crippen LogP) is 2.43. The van der Waals surface area contributed by atoms with Crippen molar-refractivity contribution in [3.05, 3.63) is 0 Å². The van der Waals surface area contributed by atoms with Crippen molar-refractivity contribution in [1.29, 1.82) is 0 Å². The summed E-state index contributed by atoms with van der Waals surface area (Å²) in [7, 11) is 0. The molecule has 21 heavy (non-hydrogen) atoms. The standard InChI is InChI=1S/C14H25N5OS/c1-9(2)19-14(16-17-18-19)21-11(4)13(20)15-12-8-6-5-7-10(12)3/h9-12H,5-8H2,1-4H3,(H,15,20). The van der Waals surface area contributed by atoms with E-state index in [1.807, 2.05) is 20.8 Å². The lowest BCUT2D eigenvalue weighted by Crippen LogP contribution is -2.44. The van der Waals surface area contributed by atoms with Crippen molar-refractivity contribution in [2.24, 2.45) is 5.92 Å². The molecular formula is C14H25N5OS. The maximum Gasteiger partial charge on any atom is 0.233 e. The average molecular weight is 311 g/mol. The van der Waals surface area contributed by atoms with Crippen LogP contribution in [-0.2, 0) is 4.79 Å². The van der Waals surface area contributed by atoms with Crippen molar-refractivity contribution in [2.75, 3.05) is 0 Å². The van der Waals surface area contributed by atoms with E-state index in [2.05, 4.69) is 27.8 Å². The first kappa shape index (κ1) is 16.3. The topological polar surface area (TPSA) is 72.7 Å². The molecule has 1 heterocycles. The van der Waals surface area contributed by atoms with E-state index < -0.39 is 0 Å². The minimum Gasteiger partial charge on any atom is -0.352 e. The normalized spacial score (nSPS) is 24.0. The molecule has 7 heteroatoms. The van der Waals surface area contributed by atoms with Gasteiger partial charge in [0, 0.05) is 6.04 Å². The third kappa shape index (κ3) is 4.18. The van der Waals surface area contributed by atoms with E-state index in [4.69, 9.17) is 0 Å². The maximum atomic E-state index is 12.4. The first-order valence-corrected chi connectivity index (χ1v) is 8.62. The summed E-state index contributed by atoms with van der Waals surface area (Å²) in [4.78, 5) is 12.4. The predicted molar refractivity (Wildman–Crippen MR) is 83.1 cm³/mol. The molecule has 1 saturated carbocycles. The van der Waals surface area contributed by atoms with E-state index in [1.165, 1.54) is 31.0 Å². The van der Waals surface area contributed by atoms with Gasteiger partial charge in [-0.05, 0) is 50.0 Å². The van der Waals surface area contributed by atoms with Crippen LogP contribution >= 0.6 is 11.8 Å². The smallest absolute Gasteiger partial charge is 0.233 e. The van der Waals surface area contributed by atoms with Gasteiger partial charge < -0.3 is 5.32 Å². The van der Waals surface area contributed by atoms with Gasteiger partial charge in [0.1, 0.15) is 0 Å². The number of hydrogen-bond acceptors (Lipinski definition) is 5. The van der Waals surface area contributed by atoms with Crippen LogP contribution in [0.5, 0.6) is 0 Å². The number of carbonyl (C=O) groups is 1. The zero-order valence-corrected chi connectivity index (χ0v) is 14.1. The molecule has 1 aromatic heterocycles. The Labute approximate surface area is 130 Å². The summed E-state index contributed by atoms with van der Waals surface area (Å²) < 4.78 is 1.75. The van der Waals surface area contributed by atoms with Crippen molar-refractivity contribution in [3.8, 4) is 0 Å². The fourth-order valence-electron chi connectivity index (χ4n) is 2.63. The van der Waals surface area contributed by atoms with Crippen LogP contribution in [0.1, 0.15) is 59.4 Å². The molecule has 1 amide bonds. The Hall–Kier alpha value is -1.11. The second-order valence-electron chi connectivity index (χ2n) is 6.14. The van der Waals surface area contributed by atoms with Crippen LogP contribution in [0.4, 0.5) is 0 Å². The van der Waals surface area contributed by atoms with Gasteiger partial charge in [0.25, 0.3) is 0 Å². The zero-order valence-electron chi connectivity index (χ0n) is 13.2. The first-order chi connectivity index (χ1) is 9.99. The van der Waals surface area contributed by atoms with Crippen LogP contribution in [-0.4, -0.2) is 37.4 Å². The summed E-state index contributed by atoms with van der Waals surface area (Å²) in [6.07, 6.45) is 4.79. The average Bonchev–Trinajstić information content (AvgIpc) is 2.89. The highest BCUT2D eigenvalue weighted by Gasteiger charge is 2.26. The van der Waals surface area contributed by atoms with E-state index in [-0.39, 0.29) is 17.2 Å². The molecule has 3 atom stereocenters. The molecule has 1 aliphatic carbocycles. The molecule has 1 N–H and O–H groups in total. The summed E-state index contributed by atoms with van der Waals surface area (Å²) in [6.45, 7) is 8.18. The number of thioether (sulfide) groups is 1. The van der Waals surface area contributed by atoms with Crippen LogP contribution in [0.3, 0.4) is 0 Å². The number of tetrazole rings is 1. The van der Waals surface area contributed by atoms with Crippen molar-refractivity contribution in [2.45, 2.75) is 75.9 Å². The molecule has 0 saturated heterocycles. The lowest BCUT2D eigenvalue weighted by Gasteiger charge is -2.30. The second kappa shape index (κ2) is 7.24. The highest BCUT2D eigenvalue weighted by atomic mass is 32.2. The van der Waals surface area contributed by atoms with Crippen molar-refractivity contribution in [3.63, 3.8) is 0 Å². The molecule has 0 bridgehead atoms. The van der Waals surface area contributed by atoms with Crippen LogP contribution < -0.4 is 5.32 Å². The number of amides is 1. The lowest BCUT2D eigenvalue weighted by atomic mass is 9.86. The van der Waals surface area contributed by atoms with Crippen molar-refractivity contribution in [1.82, 2.24) is 25.5 Å². The molecule has 118 valence electrons. The van der Waals surface area contributed by atoms with Gasteiger partial charge in [-0.25, -0.2) is 4.68 Å². The van der Waals surface area contributed by atoms with Gasteiger partial charge >= 0.3 is 0 Å². The fourth-order valence-corrected chi connectivity index (χ4v) is 3.56. The van der Waals surface area contributed by atoms with Gasteiger partial charge in [-0.15, -0.1) is 5.10 Å². The molecule has 1 aromatic rings. The lowest BCUT2D eigenvalue weighted by molar-refractivity contribution is -0.121. The SMILES string of the molecule is CC(Sc1nnnn1C(C)C)C(=O)NC1CCCCC1C. The molecule has 2 rings (SSSR count). The summed E-state index contributed by atoms with van der Waals surface area (Å²) in [5.74, 6) is 0.651. The van der Waals surface area contributed by atoms with Crippen LogP contribution in [0.25, 0.3) is 0 Å². The summed E-state index contributed by atoms with van der Waals surface area (Å²) in [6, 6.07) is 0.506. The van der Waals surface area contributed by atoms with Gasteiger partial charge in [0.2, 0.25) is 11.1 Å².